The molecule has 0 atom stereocenters. The monoisotopic (exact) mass is 304 g/mol. The maximum Gasteiger partial charge on any atom is 0.174 e. The third-order valence-corrected chi connectivity index (χ3v) is 4.23. The van der Waals surface area contributed by atoms with Crippen molar-refractivity contribution in [2.75, 3.05) is 0 Å². The van der Waals surface area contributed by atoms with Crippen LogP contribution in [-0.2, 0) is 13.0 Å². The predicted octanol–water partition coefficient (Wildman–Crippen LogP) is 2.94. The Balaban J connectivity index is 1.76. The molecule has 1 N–H and O–H groups in total. The largest absolute Gasteiger partial charge is 0.345 e. The molecule has 0 radical (unpaired) electrons. The van der Waals surface area contributed by atoms with E-state index < -0.39 is 0 Å². The Morgan fingerprint density at radius 1 is 1.26 bits per heavy atom. The van der Waals surface area contributed by atoms with Crippen LogP contribution in [0.2, 0.25) is 0 Å². The van der Waals surface area contributed by atoms with Crippen LogP contribution in [-0.4, -0.2) is 24.7 Å². The van der Waals surface area contributed by atoms with Crippen LogP contribution in [0.1, 0.15) is 36.5 Å². The zero-order valence-electron chi connectivity index (χ0n) is 12.7. The number of fused-ring (bicyclic) bond motifs is 2. The Morgan fingerprint density at radius 3 is 3.13 bits per heavy atom. The van der Waals surface area contributed by atoms with Gasteiger partial charge in [0.05, 0.1) is 22.9 Å². The Bertz CT molecular complexity index is 924. The molecule has 0 unspecified atom stereocenters. The molecule has 1 aliphatic rings. The number of allylic oxidation sites excluding steroid dienone is 1. The molecule has 6 heteroatoms. The molecule has 6 nitrogen and oxygen atoms in total. The van der Waals surface area contributed by atoms with Gasteiger partial charge in [0.25, 0.3) is 0 Å². The summed E-state index contributed by atoms with van der Waals surface area (Å²) >= 11 is 0. The van der Waals surface area contributed by atoms with E-state index in [2.05, 4.69) is 30.8 Å². The predicted molar refractivity (Wildman–Crippen MR) is 87.2 cm³/mol. The van der Waals surface area contributed by atoms with Crippen molar-refractivity contribution in [3.8, 4) is 6.07 Å². The van der Waals surface area contributed by atoms with Crippen LogP contribution < -0.4 is 0 Å². The molecule has 1 aromatic carbocycles. The first kappa shape index (κ1) is 13.7. The third kappa shape index (κ3) is 2.50. The summed E-state index contributed by atoms with van der Waals surface area (Å²) in [6, 6.07) is 8.16. The van der Waals surface area contributed by atoms with Crippen LogP contribution >= 0.6 is 0 Å². The molecule has 114 valence electrons. The first-order valence-electron chi connectivity index (χ1n) is 7.82. The molecule has 3 aromatic rings. The maximum atomic E-state index is 9.58. The number of benzene rings is 1. The molecule has 3 heterocycles. The topological polar surface area (TPSA) is 83.2 Å². The summed E-state index contributed by atoms with van der Waals surface area (Å²) in [7, 11) is 0. The molecule has 0 bridgehead atoms. The van der Waals surface area contributed by atoms with Crippen molar-refractivity contribution in [1.29, 1.82) is 5.26 Å². The number of aryl methyl sites for hydroxylation is 1. The van der Waals surface area contributed by atoms with Crippen molar-refractivity contribution in [1.82, 2.24) is 24.7 Å². The number of H-pyrrole nitrogens is 1. The van der Waals surface area contributed by atoms with E-state index >= 15 is 0 Å². The minimum absolute atomic E-state index is 0.546. The van der Waals surface area contributed by atoms with E-state index in [0.29, 0.717) is 11.4 Å². The van der Waals surface area contributed by atoms with Crippen molar-refractivity contribution >= 4 is 22.7 Å². The maximum absolute atomic E-state index is 9.58. The van der Waals surface area contributed by atoms with Crippen LogP contribution in [0.4, 0.5) is 0 Å². The van der Waals surface area contributed by atoms with Gasteiger partial charge in [-0.1, -0.05) is 12.5 Å². The number of hydrogen-bond donors (Lipinski definition) is 1. The molecule has 4 rings (SSSR count). The Morgan fingerprint density at radius 2 is 2.22 bits per heavy atom. The fourth-order valence-corrected chi connectivity index (χ4v) is 3.04. The Hall–Kier alpha value is -2.94. The fourth-order valence-electron chi connectivity index (χ4n) is 3.04. The van der Waals surface area contributed by atoms with Crippen LogP contribution in [0, 0.1) is 11.3 Å². The van der Waals surface area contributed by atoms with Gasteiger partial charge in [0, 0.05) is 13.0 Å². The quantitative estimate of drug-likeness (QED) is 0.738. The van der Waals surface area contributed by atoms with Crippen LogP contribution in [0.3, 0.4) is 0 Å². The lowest BCUT2D eigenvalue weighted by Gasteiger charge is -2.05. The zero-order valence-corrected chi connectivity index (χ0v) is 12.7. The van der Waals surface area contributed by atoms with E-state index in [1.54, 1.807) is 6.33 Å². The summed E-state index contributed by atoms with van der Waals surface area (Å²) in [6.07, 6.45) is 7.91. The summed E-state index contributed by atoms with van der Waals surface area (Å²) in [4.78, 5) is 7.30. The normalized spacial score (nSPS) is 15.2. The summed E-state index contributed by atoms with van der Waals surface area (Å²) in [5, 5.41) is 18.1. The number of nitriles is 1. The van der Waals surface area contributed by atoms with Crippen molar-refractivity contribution in [2.24, 2.45) is 0 Å². The highest BCUT2D eigenvalue weighted by Gasteiger charge is 2.17. The highest BCUT2D eigenvalue weighted by atomic mass is 15.3. The molecule has 1 aliphatic heterocycles. The van der Waals surface area contributed by atoms with Crippen LogP contribution in [0.25, 0.3) is 22.7 Å². The van der Waals surface area contributed by atoms with Gasteiger partial charge in [-0.25, -0.2) is 4.98 Å². The van der Waals surface area contributed by atoms with Crippen LogP contribution in [0.5, 0.6) is 0 Å². The first-order chi connectivity index (χ1) is 11.3. The van der Waals surface area contributed by atoms with Gasteiger partial charge < -0.3 is 9.55 Å². The second-order valence-electron chi connectivity index (χ2n) is 5.75. The first-order valence-corrected chi connectivity index (χ1v) is 7.82. The minimum Gasteiger partial charge on any atom is -0.345 e. The highest BCUT2D eigenvalue weighted by Crippen LogP contribution is 2.22. The van der Waals surface area contributed by atoms with E-state index in [9.17, 15) is 5.26 Å². The number of nitrogens with one attached hydrogen (secondary N) is 1. The lowest BCUT2D eigenvalue weighted by Crippen LogP contribution is -2.05. The fraction of sp³-hybridized carbons (Fsp3) is 0.294. The van der Waals surface area contributed by atoms with E-state index in [0.717, 1.165) is 48.2 Å². The van der Waals surface area contributed by atoms with E-state index in [4.69, 9.17) is 0 Å². The molecular formula is C17H16N6. The second-order valence-corrected chi connectivity index (χ2v) is 5.75. The van der Waals surface area contributed by atoms with Crippen molar-refractivity contribution in [2.45, 2.75) is 32.2 Å². The lowest BCUT2D eigenvalue weighted by molar-refractivity contribution is 0.627. The molecule has 0 fully saturated rings. The van der Waals surface area contributed by atoms with E-state index in [1.165, 1.54) is 6.42 Å². The minimum atomic E-state index is 0.546. The lowest BCUT2D eigenvalue weighted by atomic mass is 10.1. The number of imidazole rings is 1. The van der Waals surface area contributed by atoms with Gasteiger partial charge in [0.1, 0.15) is 11.9 Å². The average Bonchev–Trinajstić information content (AvgIpc) is 3.13. The molecule has 0 amide bonds. The van der Waals surface area contributed by atoms with Gasteiger partial charge in [0.2, 0.25) is 0 Å². The van der Waals surface area contributed by atoms with Crippen molar-refractivity contribution in [3.05, 3.63) is 41.7 Å². The second kappa shape index (κ2) is 5.69. The molecule has 0 spiro atoms. The number of aromatic amines is 1. The van der Waals surface area contributed by atoms with Gasteiger partial charge in [-0.15, -0.1) is 10.2 Å². The van der Waals surface area contributed by atoms with E-state index in [1.807, 2.05) is 24.3 Å². The van der Waals surface area contributed by atoms with E-state index in [-0.39, 0.29) is 0 Å². The van der Waals surface area contributed by atoms with Crippen LogP contribution in [0.15, 0.2) is 24.5 Å². The summed E-state index contributed by atoms with van der Waals surface area (Å²) in [6.45, 7) is 0.885. The van der Waals surface area contributed by atoms with Gasteiger partial charge in [0.15, 0.2) is 5.82 Å². The van der Waals surface area contributed by atoms with Crippen molar-refractivity contribution in [3.63, 3.8) is 0 Å². The van der Waals surface area contributed by atoms with Gasteiger partial charge in [-0.05, 0) is 36.6 Å². The summed E-state index contributed by atoms with van der Waals surface area (Å²) < 4.78 is 2.09. The highest BCUT2D eigenvalue weighted by molar-refractivity contribution is 5.89. The smallest absolute Gasteiger partial charge is 0.174 e. The summed E-state index contributed by atoms with van der Waals surface area (Å²) in [5.41, 5.74) is 3.36. The van der Waals surface area contributed by atoms with Gasteiger partial charge >= 0.3 is 0 Å². The molecule has 0 saturated heterocycles. The van der Waals surface area contributed by atoms with Gasteiger partial charge in [-0.3, -0.25) is 0 Å². The number of nitrogens with zero attached hydrogens (tertiary/aromatic N) is 5. The average molecular weight is 304 g/mol. The van der Waals surface area contributed by atoms with Crippen molar-refractivity contribution < 1.29 is 0 Å². The zero-order chi connectivity index (χ0) is 15.6. The molecule has 23 heavy (non-hydrogen) atoms. The molecule has 0 aliphatic carbocycles. The third-order valence-electron chi connectivity index (χ3n) is 4.23. The van der Waals surface area contributed by atoms with Gasteiger partial charge in [-0.2, -0.15) is 5.26 Å². The number of rotatable bonds is 2. The SMILES string of the molecule is N#C/C(=C/c1ccc2nc[nH]c2c1)c1nnc2n1CCCCC2. The molecular weight excluding hydrogens is 288 g/mol. The summed E-state index contributed by atoms with van der Waals surface area (Å²) in [5.74, 6) is 1.66. The Labute approximate surface area is 133 Å². The number of aromatic nitrogens is 5. The molecule has 0 saturated carbocycles. The molecule has 2 aromatic heterocycles. The Kier molecular flexibility index (Phi) is 3.39. The standard InChI is InChI=1S/C17H16N6/c18-10-13(8-12-5-6-14-15(9-12)20-11-19-14)17-22-21-16-4-2-1-3-7-23(16)17/h5-6,8-9,11H,1-4,7H2,(H,19,20)/b13-8-. The number of hydrogen-bond acceptors (Lipinski definition) is 4.